The topological polar surface area (TPSA) is 54.2 Å². The Bertz CT molecular complexity index is 937. The van der Waals surface area contributed by atoms with Crippen LogP contribution < -0.4 is 10.6 Å². The zero-order chi connectivity index (χ0) is 19.2. The number of benzene rings is 2. The quantitative estimate of drug-likeness (QED) is 0.300. The molecule has 1 heterocycles. The number of nitrogens with zero attached hydrogens (tertiary/aromatic N) is 3. The first-order chi connectivity index (χ1) is 13.1. The maximum atomic E-state index is 6.04. The third-order valence-electron chi connectivity index (χ3n) is 4.45. The van der Waals surface area contributed by atoms with Gasteiger partial charge >= 0.3 is 0 Å². The van der Waals surface area contributed by atoms with Crippen LogP contribution in [0.3, 0.4) is 0 Å². The lowest BCUT2D eigenvalue weighted by molar-refractivity contribution is 0.800. The predicted octanol–water partition coefficient (Wildman–Crippen LogP) is 4.63. The minimum absolute atomic E-state index is 0. The van der Waals surface area contributed by atoms with E-state index in [1.54, 1.807) is 7.05 Å². The average molecular weight is 510 g/mol. The Hall–Kier alpha value is -2.06. The van der Waals surface area contributed by atoms with Crippen molar-refractivity contribution in [2.75, 3.05) is 7.05 Å². The minimum atomic E-state index is 0. The lowest BCUT2D eigenvalue weighted by atomic mass is 10.2. The molecule has 3 rings (SSSR count). The first-order valence-corrected chi connectivity index (χ1v) is 9.25. The molecule has 5 nitrogen and oxygen atoms in total. The van der Waals surface area contributed by atoms with Gasteiger partial charge in [-0.15, -0.1) is 24.0 Å². The van der Waals surface area contributed by atoms with E-state index in [2.05, 4.69) is 39.8 Å². The summed E-state index contributed by atoms with van der Waals surface area (Å²) < 4.78 is 1.98. The summed E-state index contributed by atoms with van der Waals surface area (Å²) in [5.41, 5.74) is 5.47. The Morgan fingerprint density at radius 2 is 1.75 bits per heavy atom. The van der Waals surface area contributed by atoms with Crippen LogP contribution in [-0.4, -0.2) is 22.8 Å². The van der Waals surface area contributed by atoms with Gasteiger partial charge in [-0.3, -0.25) is 4.99 Å². The summed E-state index contributed by atoms with van der Waals surface area (Å²) in [4.78, 5) is 4.30. The van der Waals surface area contributed by atoms with Crippen LogP contribution in [0, 0.1) is 13.8 Å². The van der Waals surface area contributed by atoms with E-state index in [0.717, 1.165) is 33.6 Å². The summed E-state index contributed by atoms with van der Waals surface area (Å²) in [6.07, 6.45) is 0. The van der Waals surface area contributed by atoms with E-state index < -0.39 is 0 Å². The monoisotopic (exact) mass is 509 g/mol. The van der Waals surface area contributed by atoms with Gasteiger partial charge in [-0.05, 0) is 43.7 Å². The van der Waals surface area contributed by atoms with Crippen molar-refractivity contribution in [3.8, 4) is 5.69 Å². The number of aryl methyl sites for hydroxylation is 1. The molecule has 0 spiro atoms. The van der Waals surface area contributed by atoms with Crippen LogP contribution in [0.15, 0.2) is 59.6 Å². The first-order valence-electron chi connectivity index (χ1n) is 8.88. The molecule has 0 bridgehead atoms. The fourth-order valence-corrected chi connectivity index (χ4v) is 3.19. The fraction of sp³-hybridized carbons (Fsp3) is 0.238. The molecule has 0 unspecified atom stereocenters. The zero-order valence-electron chi connectivity index (χ0n) is 16.2. The van der Waals surface area contributed by atoms with Crippen molar-refractivity contribution < 1.29 is 0 Å². The molecule has 0 radical (unpaired) electrons. The van der Waals surface area contributed by atoms with E-state index in [4.69, 9.17) is 11.6 Å². The highest BCUT2D eigenvalue weighted by molar-refractivity contribution is 14.0. The van der Waals surface area contributed by atoms with Crippen molar-refractivity contribution in [2.45, 2.75) is 26.9 Å². The van der Waals surface area contributed by atoms with Crippen molar-refractivity contribution in [2.24, 2.45) is 4.99 Å². The summed E-state index contributed by atoms with van der Waals surface area (Å²) in [6.45, 7) is 5.43. The molecule has 7 heteroatoms. The van der Waals surface area contributed by atoms with Gasteiger partial charge < -0.3 is 10.6 Å². The third kappa shape index (κ3) is 5.48. The molecule has 0 fully saturated rings. The maximum absolute atomic E-state index is 6.04. The van der Waals surface area contributed by atoms with Gasteiger partial charge in [-0.1, -0.05) is 41.9 Å². The number of hydrogen-bond donors (Lipinski definition) is 2. The zero-order valence-corrected chi connectivity index (χ0v) is 19.3. The molecule has 0 aliphatic heterocycles. The van der Waals surface area contributed by atoms with Gasteiger partial charge in [0, 0.05) is 36.4 Å². The second-order valence-corrected chi connectivity index (χ2v) is 6.74. The number of nitrogens with one attached hydrogen (secondary N) is 2. The molecule has 0 aliphatic rings. The first kappa shape index (κ1) is 22.2. The fourth-order valence-electron chi connectivity index (χ4n) is 2.98. The van der Waals surface area contributed by atoms with E-state index in [1.807, 2.05) is 54.1 Å². The van der Waals surface area contributed by atoms with Crippen molar-refractivity contribution in [3.05, 3.63) is 82.1 Å². The molecule has 2 N–H and O–H groups in total. The highest BCUT2D eigenvalue weighted by atomic mass is 127. The van der Waals surface area contributed by atoms with E-state index in [1.165, 1.54) is 5.56 Å². The Kier molecular flexibility index (Phi) is 8.32. The van der Waals surface area contributed by atoms with E-state index in [-0.39, 0.29) is 24.0 Å². The Labute approximate surface area is 188 Å². The van der Waals surface area contributed by atoms with Gasteiger partial charge in [-0.2, -0.15) is 5.10 Å². The SMILES string of the molecule is CN=C(NCc1cccc(Cl)c1)NCc1c(C)nn(-c2ccccc2)c1C.I. The number of guanidine groups is 1. The van der Waals surface area contributed by atoms with Gasteiger partial charge in [0.05, 0.1) is 11.4 Å². The Morgan fingerprint density at radius 3 is 2.43 bits per heavy atom. The van der Waals surface area contributed by atoms with Crippen LogP contribution in [0.25, 0.3) is 5.69 Å². The van der Waals surface area contributed by atoms with Gasteiger partial charge in [0.1, 0.15) is 0 Å². The lowest BCUT2D eigenvalue weighted by Crippen LogP contribution is -2.36. The molecule has 0 atom stereocenters. The summed E-state index contributed by atoms with van der Waals surface area (Å²) in [7, 11) is 1.76. The van der Waals surface area contributed by atoms with Crippen molar-refractivity contribution >= 4 is 41.5 Å². The molecule has 0 saturated carbocycles. The Morgan fingerprint density at radius 1 is 1.04 bits per heavy atom. The molecule has 2 aromatic carbocycles. The number of aromatic nitrogens is 2. The highest BCUT2D eigenvalue weighted by Gasteiger charge is 2.13. The summed E-state index contributed by atoms with van der Waals surface area (Å²) in [5, 5.41) is 12.1. The largest absolute Gasteiger partial charge is 0.352 e. The minimum Gasteiger partial charge on any atom is -0.352 e. The molecular formula is C21H25ClIN5. The van der Waals surface area contributed by atoms with Gasteiger partial charge in [0.15, 0.2) is 5.96 Å². The maximum Gasteiger partial charge on any atom is 0.191 e. The van der Waals surface area contributed by atoms with Crippen LogP contribution in [0.2, 0.25) is 5.02 Å². The van der Waals surface area contributed by atoms with Crippen LogP contribution in [0.1, 0.15) is 22.5 Å². The second kappa shape index (κ2) is 10.5. The summed E-state index contributed by atoms with van der Waals surface area (Å²) in [5.74, 6) is 0.737. The van der Waals surface area contributed by atoms with Crippen LogP contribution in [-0.2, 0) is 13.1 Å². The third-order valence-corrected chi connectivity index (χ3v) is 4.68. The molecule has 148 valence electrons. The standard InChI is InChI=1S/C21H24ClN5.HI/c1-15-20(16(2)27(26-15)19-10-5-4-6-11-19)14-25-21(23-3)24-13-17-8-7-9-18(22)12-17;/h4-12H,13-14H2,1-3H3,(H2,23,24,25);1H. The van der Waals surface area contributed by atoms with Crippen molar-refractivity contribution in [3.63, 3.8) is 0 Å². The van der Waals surface area contributed by atoms with E-state index in [9.17, 15) is 0 Å². The van der Waals surface area contributed by atoms with E-state index >= 15 is 0 Å². The molecule has 0 aliphatic carbocycles. The summed E-state index contributed by atoms with van der Waals surface area (Å²) >= 11 is 6.04. The predicted molar refractivity (Wildman–Crippen MR) is 127 cm³/mol. The van der Waals surface area contributed by atoms with Gasteiger partial charge in [-0.25, -0.2) is 4.68 Å². The van der Waals surface area contributed by atoms with Crippen LogP contribution >= 0.6 is 35.6 Å². The molecule has 0 amide bonds. The lowest BCUT2D eigenvalue weighted by Gasteiger charge is -2.12. The van der Waals surface area contributed by atoms with Crippen LogP contribution in [0.5, 0.6) is 0 Å². The van der Waals surface area contributed by atoms with Crippen molar-refractivity contribution in [1.82, 2.24) is 20.4 Å². The number of hydrogen-bond acceptors (Lipinski definition) is 2. The van der Waals surface area contributed by atoms with Crippen molar-refractivity contribution in [1.29, 1.82) is 0 Å². The molecule has 1 aromatic heterocycles. The Balaban J connectivity index is 0.00000280. The number of para-hydroxylation sites is 1. The van der Waals surface area contributed by atoms with Gasteiger partial charge in [0.2, 0.25) is 0 Å². The summed E-state index contributed by atoms with van der Waals surface area (Å²) in [6, 6.07) is 18.0. The molecule has 28 heavy (non-hydrogen) atoms. The smallest absolute Gasteiger partial charge is 0.191 e. The average Bonchev–Trinajstić information content (AvgIpc) is 2.97. The van der Waals surface area contributed by atoms with Crippen LogP contribution in [0.4, 0.5) is 0 Å². The second-order valence-electron chi connectivity index (χ2n) is 6.31. The van der Waals surface area contributed by atoms with E-state index in [0.29, 0.717) is 13.1 Å². The number of rotatable bonds is 5. The van der Waals surface area contributed by atoms with Gasteiger partial charge in [0.25, 0.3) is 0 Å². The molecular weight excluding hydrogens is 485 g/mol. The molecule has 0 saturated heterocycles. The number of halogens is 2. The molecule has 3 aromatic rings. The normalized spacial score (nSPS) is 11.1. The highest BCUT2D eigenvalue weighted by Crippen LogP contribution is 2.17. The number of aliphatic imine (C=N–C) groups is 1.